The van der Waals surface area contributed by atoms with Gasteiger partial charge in [-0.15, -0.1) is 5.10 Å². The summed E-state index contributed by atoms with van der Waals surface area (Å²) in [6.45, 7) is 2.97. The lowest BCUT2D eigenvalue weighted by Crippen LogP contribution is -2.53. The van der Waals surface area contributed by atoms with Gasteiger partial charge in [0.05, 0.1) is 5.69 Å². The third-order valence-corrected chi connectivity index (χ3v) is 8.48. The normalized spacial score (nSPS) is 23.9. The van der Waals surface area contributed by atoms with Gasteiger partial charge in [-0.05, 0) is 55.0 Å². The maximum Gasteiger partial charge on any atom is 0.278 e. The highest BCUT2D eigenvalue weighted by molar-refractivity contribution is 7.89. The second-order valence-corrected chi connectivity index (χ2v) is 11.1. The smallest absolute Gasteiger partial charge is 0.278 e. The fourth-order valence-electron chi connectivity index (χ4n) is 5.03. The van der Waals surface area contributed by atoms with Crippen LogP contribution in [0.2, 0.25) is 0 Å². The molecule has 2 aromatic heterocycles. The van der Waals surface area contributed by atoms with E-state index in [4.69, 9.17) is 4.74 Å². The van der Waals surface area contributed by atoms with E-state index in [0.29, 0.717) is 25.6 Å². The summed E-state index contributed by atoms with van der Waals surface area (Å²) in [6.07, 6.45) is 4.79. The highest BCUT2D eigenvalue weighted by atomic mass is 32.2. The van der Waals surface area contributed by atoms with E-state index in [9.17, 15) is 8.42 Å². The Bertz CT molecular complexity index is 1350. The molecule has 0 spiro atoms. The van der Waals surface area contributed by atoms with Gasteiger partial charge in [0.25, 0.3) is 15.2 Å². The molecule has 1 fully saturated rings. The number of rotatable bonds is 0. The third kappa shape index (κ3) is 3.83. The molecule has 1 aliphatic carbocycles. The van der Waals surface area contributed by atoms with Crippen LogP contribution in [0.4, 0.5) is 11.6 Å². The average Bonchev–Trinajstić information content (AvgIpc) is 3.46. The molecule has 0 unspecified atom stereocenters. The second kappa shape index (κ2) is 8.33. The van der Waals surface area contributed by atoms with Crippen molar-refractivity contribution in [3.05, 3.63) is 41.6 Å². The molecule has 1 aromatic carbocycles. The molecule has 182 valence electrons. The van der Waals surface area contributed by atoms with Crippen molar-refractivity contribution in [1.29, 1.82) is 0 Å². The van der Waals surface area contributed by atoms with Crippen LogP contribution in [0.15, 0.2) is 35.6 Å². The summed E-state index contributed by atoms with van der Waals surface area (Å²) in [5.74, 6) is 1.10. The van der Waals surface area contributed by atoms with Gasteiger partial charge in [-0.1, -0.05) is 12.1 Å². The fraction of sp³-hybridized carbons (Fsp3) is 0.435. The zero-order valence-corrected chi connectivity index (χ0v) is 19.8. The van der Waals surface area contributed by atoms with Crippen LogP contribution in [-0.4, -0.2) is 77.6 Å². The van der Waals surface area contributed by atoms with Crippen LogP contribution in [0.3, 0.4) is 0 Å². The number of hydrogen-bond acceptors (Lipinski definition) is 8. The van der Waals surface area contributed by atoms with Gasteiger partial charge in [0, 0.05) is 46.9 Å². The molecule has 10 nitrogen and oxygen atoms in total. The molecule has 34 heavy (non-hydrogen) atoms. The number of likely N-dealkylation sites (N-methyl/N-ethyl adjacent to an activating group) is 1. The average molecular weight is 486 g/mol. The molecule has 11 heteroatoms. The minimum atomic E-state index is -3.71. The summed E-state index contributed by atoms with van der Waals surface area (Å²) in [5.41, 5.74) is 5.35. The Labute approximate surface area is 201 Å². The predicted molar refractivity (Wildman–Crippen MR) is 131 cm³/mol. The van der Waals surface area contributed by atoms with Gasteiger partial charge in [-0.25, -0.2) is 18.5 Å². The maximum absolute atomic E-state index is 13.0. The van der Waals surface area contributed by atoms with E-state index in [1.807, 2.05) is 19.2 Å². The first-order chi connectivity index (χ1) is 16.5. The van der Waals surface area contributed by atoms with Crippen molar-refractivity contribution >= 4 is 21.7 Å². The molecular formula is C23H31N7O3S. The Morgan fingerprint density at radius 3 is 2.94 bits per heavy atom. The number of sulfonamides is 1. The second-order valence-electron chi connectivity index (χ2n) is 9.25. The van der Waals surface area contributed by atoms with Crippen molar-refractivity contribution < 1.29 is 16.0 Å². The molecule has 3 aromatic rings. The number of nitrogens with one attached hydrogen (secondary N) is 2. The summed E-state index contributed by atoms with van der Waals surface area (Å²) < 4.78 is 33.5. The van der Waals surface area contributed by atoms with Gasteiger partial charge < -0.3 is 15.0 Å². The SMILES string of the molecule is CN1CCOc2cc(ccn2)-c2ccc3c(c2Nc2n[nH]c(n2)S(=O)(=O)N2CC(C1)C2)CCC3.[HH].[HH]. The van der Waals surface area contributed by atoms with Crippen LogP contribution in [0.25, 0.3) is 11.1 Å². The summed E-state index contributed by atoms with van der Waals surface area (Å²) >= 11 is 0. The summed E-state index contributed by atoms with van der Waals surface area (Å²) in [4.78, 5) is 10.9. The molecule has 7 rings (SSSR count). The number of aromatic nitrogens is 4. The number of aromatic amines is 1. The molecule has 1 saturated heterocycles. The maximum atomic E-state index is 13.0. The van der Waals surface area contributed by atoms with Crippen LogP contribution < -0.4 is 10.1 Å². The number of hydrogen-bond donors (Lipinski definition) is 2. The molecule has 0 saturated carbocycles. The van der Waals surface area contributed by atoms with E-state index in [0.717, 1.165) is 49.2 Å². The van der Waals surface area contributed by atoms with Crippen LogP contribution >= 0.6 is 0 Å². The Morgan fingerprint density at radius 1 is 1.18 bits per heavy atom. The first-order valence-corrected chi connectivity index (χ1v) is 13.0. The number of pyridine rings is 1. The standard InChI is InChI=1S/C23H27N7O3S.2H2/c1-29-9-10-33-20-11-17(7-8-24-20)19-6-5-16-3-2-4-18(16)21(19)25-22-26-23(28-27-22)34(31,32)30-13-15(12-29)14-30;;/h5-8,11,15H,2-4,9-10,12-14H2,1H3,(H2,25,26,27,28);2*1H. The van der Waals surface area contributed by atoms with E-state index in [1.54, 1.807) is 6.20 Å². The largest absolute Gasteiger partial charge is 0.476 e. The molecule has 3 aliphatic heterocycles. The minimum Gasteiger partial charge on any atom is -0.476 e. The van der Waals surface area contributed by atoms with Crippen molar-refractivity contribution in [2.45, 2.75) is 24.4 Å². The van der Waals surface area contributed by atoms with Gasteiger partial charge in [0.15, 0.2) is 0 Å². The first-order valence-electron chi connectivity index (χ1n) is 11.6. The molecule has 5 heterocycles. The van der Waals surface area contributed by atoms with Crippen molar-refractivity contribution in [2.24, 2.45) is 5.92 Å². The summed E-state index contributed by atoms with van der Waals surface area (Å²) in [5, 5.41) is 10.0. The van der Waals surface area contributed by atoms with Crippen LogP contribution in [0.1, 0.15) is 20.4 Å². The van der Waals surface area contributed by atoms with Gasteiger partial charge in [-0.3, -0.25) is 0 Å². The third-order valence-electron chi connectivity index (χ3n) is 6.83. The lowest BCUT2D eigenvalue weighted by molar-refractivity contribution is 0.135. The first kappa shape index (κ1) is 21.5. The predicted octanol–water partition coefficient (Wildman–Crippen LogP) is 2.54. The van der Waals surface area contributed by atoms with E-state index < -0.39 is 10.0 Å². The minimum absolute atomic E-state index is 0. The fourth-order valence-corrected chi connectivity index (χ4v) is 6.45. The van der Waals surface area contributed by atoms with Crippen LogP contribution in [0, 0.1) is 5.92 Å². The van der Waals surface area contributed by atoms with Gasteiger partial charge in [0.2, 0.25) is 11.8 Å². The number of H-pyrrole nitrogens is 1. The van der Waals surface area contributed by atoms with Gasteiger partial charge in [0.1, 0.15) is 6.61 Å². The lowest BCUT2D eigenvalue weighted by atomic mass is 9.98. The van der Waals surface area contributed by atoms with Crippen LogP contribution in [-0.2, 0) is 22.9 Å². The van der Waals surface area contributed by atoms with Gasteiger partial charge >= 0.3 is 0 Å². The van der Waals surface area contributed by atoms with Crippen molar-refractivity contribution in [3.63, 3.8) is 0 Å². The monoisotopic (exact) mass is 485 g/mol. The number of benzene rings is 1. The molecule has 0 radical (unpaired) electrons. The zero-order chi connectivity index (χ0) is 23.3. The number of fused-ring (bicyclic) bond motifs is 5. The Hall–Kier alpha value is -3.02. The van der Waals surface area contributed by atoms with E-state index in [-0.39, 0.29) is 19.9 Å². The molecule has 4 aliphatic rings. The zero-order valence-electron chi connectivity index (χ0n) is 19.0. The van der Waals surface area contributed by atoms with Crippen molar-refractivity contribution in [1.82, 2.24) is 29.4 Å². The Morgan fingerprint density at radius 2 is 2.06 bits per heavy atom. The van der Waals surface area contributed by atoms with E-state index in [2.05, 4.69) is 42.5 Å². The highest BCUT2D eigenvalue weighted by Crippen LogP contribution is 2.39. The Balaban J connectivity index is 0.00000152. The molecule has 2 N–H and O–H groups in total. The van der Waals surface area contributed by atoms with E-state index >= 15 is 0 Å². The number of aryl methyl sites for hydroxylation is 1. The summed E-state index contributed by atoms with van der Waals surface area (Å²) in [7, 11) is -1.68. The quantitative estimate of drug-likeness (QED) is 0.499. The molecular weight excluding hydrogens is 454 g/mol. The highest BCUT2D eigenvalue weighted by Gasteiger charge is 2.39. The van der Waals surface area contributed by atoms with Crippen molar-refractivity contribution in [3.8, 4) is 17.0 Å². The van der Waals surface area contributed by atoms with E-state index in [1.165, 1.54) is 15.4 Å². The molecule has 0 atom stereocenters. The molecule has 0 amide bonds. The topological polar surface area (TPSA) is 116 Å². The van der Waals surface area contributed by atoms with Crippen molar-refractivity contribution in [2.75, 3.05) is 45.2 Å². The number of anilines is 2. The van der Waals surface area contributed by atoms with Crippen LogP contribution in [0.5, 0.6) is 5.88 Å². The summed E-state index contributed by atoms with van der Waals surface area (Å²) in [6, 6.07) is 8.15. The number of ether oxygens (including phenoxy) is 1. The molecule has 6 bridgehead atoms. The van der Waals surface area contributed by atoms with Gasteiger partial charge in [-0.2, -0.15) is 9.29 Å². The number of nitrogens with zero attached hydrogens (tertiary/aromatic N) is 5. The Kier molecular flexibility index (Phi) is 5.27. The lowest BCUT2D eigenvalue weighted by Gasteiger charge is -2.39.